The lowest BCUT2D eigenvalue weighted by Gasteiger charge is -2.39. The van der Waals surface area contributed by atoms with E-state index in [1.54, 1.807) is 0 Å². The van der Waals surface area contributed by atoms with E-state index in [1.165, 1.54) is 35.1 Å². The number of benzene rings is 1. The van der Waals surface area contributed by atoms with Crippen LogP contribution < -0.4 is 10.2 Å². The molecule has 0 saturated carbocycles. The van der Waals surface area contributed by atoms with Gasteiger partial charge < -0.3 is 10.2 Å². The highest BCUT2D eigenvalue weighted by atomic mass is 79.9. The molecule has 0 aromatic heterocycles. The van der Waals surface area contributed by atoms with Gasteiger partial charge in [-0.3, -0.25) is 0 Å². The molecule has 1 heterocycles. The van der Waals surface area contributed by atoms with Gasteiger partial charge in [-0.15, -0.1) is 0 Å². The lowest BCUT2D eigenvalue weighted by Crippen LogP contribution is -2.42. The summed E-state index contributed by atoms with van der Waals surface area (Å²) >= 11 is 3.75. The van der Waals surface area contributed by atoms with Crippen LogP contribution in [0.5, 0.6) is 0 Å². The standard InChI is InChI=1S/C18H29BrN2/c1-13(2)11-20-12-16-7-8-17(10-18(16)19)21-9-5-6-14(3)15(21)4/h7-8,10,13-15,20H,5-6,9,11-12H2,1-4H3. The molecule has 0 spiro atoms. The third kappa shape index (κ3) is 4.46. The summed E-state index contributed by atoms with van der Waals surface area (Å²) in [5.41, 5.74) is 2.70. The quantitative estimate of drug-likeness (QED) is 0.816. The Bertz CT molecular complexity index is 459. The van der Waals surface area contributed by atoms with Gasteiger partial charge >= 0.3 is 0 Å². The molecule has 1 aromatic carbocycles. The lowest BCUT2D eigenvalue weighted by atomic mass is 9.91. The Labute approximate surface area is 138 Å². The summed E-state index contributed by atoms with van der Waals surface area (Å²) < 4.78 is 1.22. The average Bonchev–Trinajstić information content (AvgIpc) is 2.43. The van der Waals surface area contributed by atoms with Gasteiger partial charge in [-0.2, -0.15) is 0 Å². The van der Waals surface area contributed by atoms with Crippen LogP contribution in [0.15, 0.2) is 22.7 Å². The van der Waals surface area contributed by atoms with E-state index in [4.69, 9.17) is 0 Å². The molecule has 1 N–H and O–H groups in total. The van der Waals surface area contributed by atoms with E-state index in [2.05, 4.69) is 72.0 Å². The van der Waals surface area contributed by atoms with Crippen molar-refractivity contribution in [1.82, 2.24) is 5.32 Å². The Morgan fingerprint density at radius 1 is 1.33 bits per heavy atom. The van der Waals surface area contributed by atoms with Crippen molar-refractivity contribution >= 4 is 21.6 Å². The summed E-state index contributed by atoms with van der Waals surface area (Å²) in [4.78, 5) is 2.56. The summed E-state index contributed by atoms with van der Waals surface area (Å²) in [5, 5.41) is 3.51. The van der Waals surface area contributed by atoms with E-state index in [0.717, 1.165) is 19.0 Å². The van der Waals surface area contributed by atoms with Gasteiger partial charge in [0.05, 0.1) is 0 Å². The Balaban J connectivity index is 2.04. The van der Waals surface area contributed by atoms with Crippen LogP contribution in [0.1, 0.15) is 46.1 Å². The highest BCUT2D eigenvalue weighted by molar-refractivity contribution is 9.10. The number of rotatable bonds is 5. The molecule has 1 aromatic rings. The smallest absolute Gasteiger partial charge is 0.0380 e. The first kappa shape index (κ1) is 16.8. The predicted molar refractivity (Wildman–Crippen MR) is 95.9 cm³/mol. The molecule has 2 atom stereocenters. The molecular formula is C18H29BrN2. The zero-order valence-electron chi connectivity index (χ0n) is 13.8. The second kappa shape index (κ2) is 7.64. The van der Waals surface area contributed by atoms with E-state index in [9.17, 15) is 0 Å². The molecule has 1 aliphatic heterocycles. The third-order valence-electron chi connectivity index (χ3n) is 4.61. The Kier molecular flexibility index (Phi) is 6.12. The van der Waals surface area contributed by atoms with Crippen LogP contribution in [0.25, 0.3) is 0 Å². The van der Waals surface area contributed by atoms with E-state index in [1.807, 2.05) is 0 Å². The first-order valence-electron chi connectivity index (χ1n) is 8.24. The molecule has 2 nitrogen and oxygen atoms in total. The van der Waals surface area contributed by atoms with Gasteiger partial charge in [-0.1, -0.05) is 42.8 Å². The van der Waals surface area contributed by atoms with Crippen LogP contribution in [0.2, 0.25) is 0 Å². The highest BCUT2D eigenvalue weighted by Crippen LogP contribution is 2.31. The first-order valence-corrected chi connectivity index (χ1v) is 9.04. The van der Waals surface area contributed by atoms with Crippen molar-refractivity contribution in [3.63, 3.8) is 0 Å². The number of piperidine rings is 1. The van der Waals surface area contributed by atoms with E-state index in [0.29, 0.717) is 12.0 Å². The molecule has 0 radical (unpaired) electrons. The molecule has 2 rings (SSSR count). The fraction of sp³-hybridized carbons (Fsp3) is 0.667. The second-order valence-electron chi connectivity index (χ2n) is 6.85. The maximum atomic E-state index is 3.75. The third-order valence-corrected chi connectivity index (χ3v) is 5.35. The SMILES string of the molecule is CC(C)CNCc1ccc(N2CCCC(C)C2C)cc1Br. The van der Waals surface area contributed by atoms with Gasteiger partial charge in [-0.05, 0) is 55.8 Å². The highest BCUT2D eigenvalue weighted by Gasteiger charge is 2.25. The Hall–Kier alpha value is -0.540. The van der Waals surface area contributed by atoms with Gasteiger partial charge in [-0.25, -0.2) is 0 Å². The van der Waals surface area contributed by atoms with Crippen molar-refractivity contribution in [1.29, 1.82) is 0 Å². The molecule has 0 amide bonds. The number of halogens is 1. The van der Waals surface area contributed by atoms with E-state index in [-0.39, 0.29) is 0 Å². The summed E-state index contributed by atoms with van der Waals surface area (Å²) in [6.07, 6.45) is 2.66. The molecule has 0 aliphatic carbocycles. The van der Waals surface area contributed by atoms with Crippen molar-refractivity contribution in [3.05, 3.63) is 28.2 Å². The molecule has 21 heavy (non-hydrogen) atoms. The zero-order chi connectivity index (χ0) is 15.4. The normalized spacial score (nSPS) is 22.9. The largest absolute Gasteiger partial charge is 0.369 e. The van der Waals surface area contributed by atoms with Gasteiger partial charge in [0.2, 0.25) is 0 Å². The molecule has 118 valence electrons. The Morgan fingerprint density at radius 2 is 2.10 bits per heavy atom. The maximum absolute atomic E-state index is 3.75. The molecule has 1 saturated heterocycles. The van der Waals surface area contributed by atoms with Crippen LogP contribution in [0, 0.1) is 11.8 Å². The zero-order valence-corrected chi connectivity index (χ0v) is 15.4. The molecule has 3 heteroatoms. The lowest BCUT2D eigenvalue weighted by molar-refractivity contribution is 0.363. The molecule has 2 unspecified atom stereocenters. The van der Waals surface area contributed by atoms with Crippen LogP contribution in [0.4, 0.5) is 5.69 Å². The minimum atomic E-state index is 0.635. The van der Waals surface area contributed by atoms with Crippen LogP contribution >= 0.6 is 15.9 Å². The molecule has 0 bridgehead atoms. The first-order chi connectivity index (χ1) is 9.99. The fourth-order valence-electron chi connectivity index (χ4n) is 3.05. The van der Waals surface area contributed by atoms with Gasteiger partial charge in [0, 0.05) is 29.3 Å². The minimum absolute atomic E-state index is 0.635. The van der Waals surface area contributed by atoms with E-state index >= 15 is 0 Å². The summed E-state index contributed by atoms with van der Waals surface area (Å²) in [6.45, 7) is 12.4. The topological polar surface area (TPSA) is 15.3 Å². The number of hydrogen-bond acceptors (Lipinski definition) is 2. The summed E-state index contributed by atoms with van der Waals surface area (Å²) in [6, 6.07) is 7.47. The van der Waals surface area contributed by atoms with Crippen LogP contribution in [-0.4, -0.2) is 19.1 Å². The van der Waals surface area contributed by atoms with Crippen molar-refractivity contribution in [3.8, 4) is 0 Å². The number of anilines is 1. The molecule has 1 aliphatic rings. The minimum Gasteiger partial charge on any atom is -0.369 e. The number of hydrogen-bond donors (Lipinski definition) is 1. The molecular weight excluding hydrogens is 324 g/mol. The number of nitrogens with zero attached hydrogens (tertiary/aromatic N) is 1. The predicted octanol–water partition coefficient (Wildman–Crippen LogP) is 4.82. The Morgan fingerprint density at radius 3 is 2.76 bits per heavy atom. The second-order valence-corrected chi connectivity index (χ2v) is 7.71. The van der Waals surface area contributed by atoms with Crippen LogP contribution in [-0.2, 0) is 6.54 Å². The van der Waals surface area contributed by atoms with Crippen LogP contribution in [0.3, 0.4) is 0 Å². The summed E-state index contributed by atoms with van der Waals surface area (Å²) in [7, 11) is 0. The fourth-order valence-corrected chi connectivity index (χ4v) is 3.56. The van der Waals surface area contributed by atoms with Crippen molar-refractivity contribution in [2.45, 2.75) is 53.1 Å². The number of nitrogens with one attached hydrogen (secondary N) is 1. The monoisotopic (exact) mass is 352 g/mol. The average molecular weight is 353 g/mol. The van der Waals surface area contributed by atoms with Gasteiger partial charge in [0.15, 0.2) is 0 Å². The van der Waals surface area contributed by atoms with E-state index < -0.39 is 0 Å². The maximum Gasteiger partial charge on any atom is 0.0380 e. The summed E-state index contributed by atoms with van der Waals surface area (Å²) in [5.74, 6) is 1.48. The van der Waals surface area contributed by atoms with Crippen molar-refractivity contribution in [2.24, 2.45) is 11.8 Å². The molecule has 1 fully saturated rings. The van der Waals surface area contributed by atoms with Gasteiger partial charge in [0.25, 0.3) is 0 Å². The van der Waals surface area contributed by atoms with Crippen molar-refractivity contribution < 1.29 is 0 Å². The van der Waals surface area contributed by atoms with Crippen molar-refractivity contribution in [2.75, 3.05) is 18.0 Å². The van der Waals surface area contributed by atoms with Gasteiger partial charge in [0.1, 0.15) is 0 Å².